The average molecular weight is 434 g/mol. The highest BCUT2D eigenvalue weighted by Gasteiger charge is 2.43. The molecule has 1 N–H and O–H groups in total. The van der Waals surface area contributed by atoms with Gasteiger partial charge in [-0.1, -0.05) is 59.6 Å². The monoisotopic (exact) mass is 433 g/mol. The third kappa shape index (κ3) is 4.64. The first-order valence-corrected chi connectivity index (χ1v) is 9.94. The molecule has 1 unspecified atom stereocenters. The van der Waals surface area contributed by atoms with Crippen LogP contribution in [0.25, 0.3) is 0 Å². The van der Waals surface area contributed by atoms with E-state index in [0.717, 1.165) is 5.56 Å². The molecule has 0 fully saturated rings. The van der Waals surface area contributed by atoms with Crippen molar-refractivity contribution in [1.29, 1.82) is 0 Å². The van der Waals surface area contributed by atoms with E-state index in [1.165, 1.54) is 12.0 Å². The molecule has 0 radical (unpaired) electrons. The van der Waals surface area contributed by atoms with Gasteiger partial charge in [0.25, 0.3) is 5.91 Å². The van der Waals surface area contributed by atoms with Crippen LogP contribution in [0.15, 0.2) is 59.9 Å². The number of methoxy groups -OCH3 is 1. The van der Waals surface area contributed by atoms with Gasteiger partial charge < -0.3 is 14.7 Å². The molecule has 1 atom stereocenters. The molecule has 152 valence electrons. The van der Waals surface area contributed by atoms with Crippen LogP contribution in [0.2, 0.25) is 10.0 Å². The predicted molar refractivity (Wildman–Crippen MR) is 112 cm³/mol. The Bertz CT molecular complexity index is 943. The summed E-state index contributed by atoms with van der Waals surface area (Å²) in [5.74, 6) is -1.40. The van der Waals surface area contributed by atoms with Gasteiger partial charge in [0.1, 0.15) is 0 Å². The van der Waals surface area contributed by atoms with Crippen molar-refractivity contribution in [1.82, 2.24) is 4.90 Å². The topological polar surface area (TPSA) is 66.8 Å². The lowest BCUT2D eigenvalue weighted by Crippen LogP contribution is -2.34. The standard InChI is InChI=1S/C22H21Cl2NO4/c1-29-12-11-25-20(15-8-9-16(23)17(24)13-15)19(21(27)22(25)28)18(26)10-7-14-5-3-2-4-6-14/h2-6,8-9,13,20,27H,7,10-12H2,1H3. The van der Waals surface area contributed by atoms with Crippen molar-refractivity contribution < 1.29 is 19.4 Å². The summed E-state index contributed by atoms with van der Waals surface area (Å²) in [5.41, 5.74) is 1.70. The number of aliphatic hydroxyl groups is 1. The number of aryl methyl sites for hydroxylation is 1. The van der Waals surface area contributed by atoms with Gasteiger partial charge in [-0.3, -0.25) is 9.59 Å². The second-order valence-corrected chi connectivity index (χ2v) is 7.55. The van der Waals surface area contributed by atoms with E-state index < -0.39 is 17.7 Å². The van der Waals surface area contributed by atoms with Crippen molar-refractivity contribution in [2.75, 3.05) is 20.3 Å². The van der Waals surface area contributed by atoms with Crippen LogP contribution in [0.1, 0.15) is 23.6 Å². The number of ketones is 1. The second-order valence-electron chi connectivity index (χ2n) is 6.74. The first-order chi connectivity index (χ1) is 13.9. The zero-order valence-corrected chi connectivity index (χ0v) is 17.4. The summed E-state index contributed by atoms with van der Waals surface area (Å²) in [5, 5.41) is 11.2. The van der Waals surface area contributed by atoms with E-state index in [9.17, 15) is 14.7 Å². The van der Waals surface area contributed by atoms with Gasteiger partial charge in [0.05, 0.1) is 28.3 Å². The van der Waals surface area contributed by atoms with Crippen molar-refractivity contribution in [2.24, 2.45) is 0 Å². The minimum Gasteiger partial charge on any atom is -0.503 e. The molecular formula is C22H21Cl2NO4. The molecule has 7 heteroatoms. The quantitative estimate of drug-likeness (QED) is 0.663. The lowest BCUT2D eigenvalue weighted by atomic mass is 9.93. The van der Waals surface area contributed by atoms with Crippen LogP contribution in [-0.2, 0) is 20.7 Å². The number of ether oxygens (including phenoxy) is 1. The molecule has 3 rings (SSSR count). The normalized spacial score (nSPS) is 16.6. The molecule has 5 nitrogen and oxygen atoms in total. The number of rotatable bonds is 8. The molecule has 0 saturated carbocycles. The number of carbonyl (C=O) groups is 2. The largest absolute Gasteiger partial charge is 0.503 e. The lowest BCUT2D eigenvalue weighted by Gasteiger charge is -2.26. The SMILES string of the molecule is COCCN1C(=O)C(O)=C(C(=O)CCc2ccccc2)C1c1ccc(Cl)c(Cl)c1. The smallest absolute Gasteiger partial charge is 0.290 e. The average Bonchev–Trinajstić information content (AvgIpc) is 2.98. The van der Waals surface area contributed by atoms with Crippen LogP contribution in [-0.4, -0.2) is 42.0 Å². The zero-order chi connectivity index (χ0) is 21.0. The highest BCUT2D eigenvalue weighted by molar-refractivity contribution is 6.42. The summed E-state index contributed by atoms with van der Waals surface area (Å²) in [6, 6.07) is 13.8. The molecule has 1 heterocycles. The number of hydrogen-bond acceptors (Lipinski definition) is 4. The Labute approximate surface area is 179 Å². The third-order valence-electron chi connectivity index (χ3n) is 4.88. The fourth-order valence-electron chi connectivity index (χ4n) is 3.42. The van der Waals surface area contributed by atoms with E-state index in [1.54, 1.807) is 18.2 Å². The summed E-state index contributed by atoms with van der Waals surface area (Å²) < 4.78 is 5.09. The predicted octanol–water partition coefficient (Wildman–Crippen LogP) is 4.54. The van der Waals surface area contributed by atoms with Crippen molar-refractivity contribution in [3.63, 3.8) is 0 Å². The summed E-state index contributed by atoms with van der Waals surface area (Å²) in [7, 11) is 1.52. The Kier molecular flexibility index (Phi) is 6.96. The molecule has 0 aliphatic carbocycles. The maximum atomic E-state index is 13.0. The van der Waals surface area contributed by atoms with E-state index in [-0.39, 0.29) is 30.9 Å². The summed E-state index contributed by atoms with van der Waals surface area (Å²) in [4.78, 5) is 27.2. The number of aliphatic hydroxyl groups excluding tert-OH is 1. The van der Waals surface area contributed by atoms with Gasteiger partial charge in [0, 0.05) is 20.1 Å². The van der Waals surface area contributed by atoms with Gasteiger partial charge in [0.2, 0.25) is 0 Å². The summed E-state index contributed by atoms with van der Waals surface area (Å²) >= 11 is 12.2. The molecule has 2 aromatic carbocycles. The maximum Gasteiger partial charge on any atom is 0.290 e. The van der Waals surface area contributed by atoms with Gasteiger partial charge in [-0.2, -0.15) is 0 Å². The molecule has 1 aliphatic heterocycles. The first-order valence-electron chi connectivity index (χ1n) is 9.19. The van der Waals surface area contributed by atoms with Crippen LogP contribution in [0.5, 0.6) is 0 Å². The number of carbonyl (C=O) groups excluding carboxylic acids is 2. The molecule has 0 bridgehead atoms. The van der Waals surface area contributed by atoms with Crippen molar-refractivity contribution in [3.8, 4) is 0 Å². The Morgan fingerprint density at radius 1 is 1.14 bits per heavy atom. The molecule has 29 heavy (non-hydrogen) atoms. The Hall–Kier alpha value is -2.34. The van der Waals surface area contributed by atoms with Crippen LogP contribution in [0.4, 0.5) is 0 Å². The highest BCUT2D eigenvalue weighted by atomic mass is 35.5. The molecule has 1 amide bonds. The number of nitrogens with zero attached hydrogens (tertiary/aromatic N) is 1. The summed E-state index contributed by atoms with van der Waals surface area (Å²) in [6.07, 6.45) is 0.684. The highest BCUT2D eigenvalue weighted by Crippen LogP contribution is 2.39. The van der Waals surface area contributed by atoms with E-state index >= 15 is 0 Å². The van der Waals surface area contributed by atoms with E-state index in [2.05, 4.69) is 0 Å². The fourth-order valence-corrected chi connectivity index (χ4v) is 3.73. The molecule has 0 spiro atoms. The fraction of sp³-hybridized carbons (Fsp3) is 0.273. The second kappa shape index (κ2) is 9.44. The molecule has 2 aromatic rings. The van der Waals surface area contributed by atoms with Gasteiger partial charge in [-0.05, 0) is 29.7 Å². The van der Waals surface area contributed by atoms with Crippen LogP contribution in [0, 0.1) is 0 Å². The summed E-state index contributed by atoms with van der Waals surface area (Å²) in [6.45, 7) is 0.488. The van der Waals surface area contributed by atoms with Gasteiger partial charge in [-0.25, -0.2) is 0 Å². The van der Waals surface area contributed by atoms with Gasteiger partial charge in [0.15, 0.2) is 11.5 Å². The van der Waals surface area contributed by atoms with Crippen molar-refractivity contribution in [3.05, 3.63) is 81.0 Å². The zero-order valence-electron chi connectivity index (χ0n) is 15.9. The Balaban J connectivity index is 1.93. The maximum absolute atomic E-state index is 13.0. The van der Waals surface area contributed by atoms with Crippen molar-refractivity contribution >= 4 is 34.9 Å². The van der Waals surface area contributed by atoms with E-state index in [1.807, 2.05) is 30.3 Å². The molecular weight excluding hydrogens is 413 g/mol. The molecule has 0 aromatic heterocycles. The van der Waals surface area contributed by atoms with Gasteiger partial charge >= 0.3 is 0 Å². The Morgan fingerprint density at radius 2 is 1.86 bits per heavy atom. The minimum absolute atomic E-state index is 0.0837. The van der Waals surface area contributed by atoms with Crippen molar-refractivity contribution in [2.45, 2.75) is 18.9 Å². The Morgan fingerprint density at radius 3 is 2.52 bits per heavy atom. The van der Waals surface area contributed by atoms with Crippen LogP contribution in [0.3, 0.4) is 0 Å². The number of hydrogen-bond donors (Lipinski definition) is 1. The van der Waals surface area contributed by atoms with E-state index in [4.69, 9.17) is 27.9 Å². The van der Waals surface area contributed by atoms with Gasteiger partial charge in [-0.15, -0.1) is 0 Å². The third-order valence-corrected chi connectivity index (χ3v) is 5.62. The first kappa shape index (κ1) is 21.4. The molecule has 1 aliphatic rings. The number of benzene rings is 2. The lowest BCUT2D eigenvalue weighted by molar-refractivity contribution is -0.130. The number of halogens is 2. The minimum atomic E-state index is -0.740. The number of amides is 1. The van der Waals surface area contributed by atoms with E-state index in [0.29, 0.717) is 22.0 Å². The number of Topliss-reactive ketones (excluding diaryl/α,β-unsaturated/α-hetero) is 1. The molecule has 0 saturated heterocycles. The van der Waals surface area contributed by atoms with Crippen LogP contribution < -0.4 is 0 Å². The van der Waals surface area contributed by atoms with Crippen LogP contribution >= 0.6 is 23.2 Å².